The first-order valence-electron chi connectivity index (χ1n) is 4.04. The Kier molecular flexibility index (Phi) is 1.82. The summed E-state index contributed by atoms with van der Waals surface area (Å²) in [6.07, 6.45) is 0. The fraction of sp³-hybridized carbons (Fsp3) is 0.875. The minimum Gasteiger partial charge on any atom is -0.370 e. The number of guanidine groups is 1. The van der Waals surface area contributed by atoms with Gasteiger partial charge in [-0.05, 0) is 27.7 Å². The van der Waals surface area contributed by atoms with Crippen molar-refractivity contribution in [1.82, 2.24) is 4.90 Å². The lowest BCUT2D eigenvalue weighted by molar-refractivity contribution is 0.204. The fourth-order valence-electron chi connectivity index (χ4n) is 1.70. The highest BCUT2D eigenvalue weighted by molar-refractivity contribution is 5.81. The van der Waals surface area contributed by atoms with Crippen LogP contribution in [0.5, 0.6) is 0 Å². The molecular weight excluding hydrogens is 138 g/mol. The Hall–Kier alpha value is -0.730. The Balaban J connectivity index is 2.81. The highest BCUT2D eigenvalue weighted by Crippen LogP contribution is 2.22. The van der Waals surface area contributed by atoms with Crippen LogP contribution in [0.1, 0.15) is 27.7 Å². The van der Waals surface area contributed by atoms with Crippen molar-refractivity contribution in [3.05, 3.63) is 0 Å². The van der Waals surface area contributed by atoms with Crippen LogP contribution in [0.4, 0.5) is 0 Å². The molecule has 0 saturated carbocycles. The van der Waals surface area contributed by atoms with Crippen LogP contribution in [0.2, 0.25) is 0 Å². The van der Waals surface area contributed by atoms with E-state index >= 15 is 0 Å². The van der Waals surface area contributed by atoms with E-state index in [1.54, 1.807) is 0 Å². The van der Waals surface area contributed by atoms with Crippen molar-refractivity contribution in [2.75, 3.05) is 6.54 Å². The zero-order valence-corrected chi connectivity index (χ0v) is 7.76. The molecule has 11 heavy (non-hydrogen) atoms. The first-order valence-corrected chi connectivity index (χ1v) is 4.04. The molecule has 1 heterocycles. The first kappa shape index (κ1) is 8.37. The van der Waals surface area contributed by atoms with Gasteiger partial charge in [0.1, 0.15) is 0 Å². The number of nitrogens with zero attached hydrogens (tertiary/aromatic N) is 2. The van der Waals surface area contributed by atoms with E-state index in [2.05, 4.69) is 37.6 Å². The van der Waals surface area contributed by atoms with Gasteiger partial charge in [0.15, 0.2) is 5.96 Å². The molecule has 1 aliphatic heterocycles. The maximum atomic E-state index is 5.73. The monoisotopic (exact) mass is 155 g/mol. The Morgan fingerprint density at radius 3 is 2.27 bits per heavy atom. The second kappa shape index (κ2) is 2.40. The highest BCUT2D eigenvalue weighted by atomic mass is 15.4. The van der Waals surface area contributed by atoms with Gasteiger partial charge in [-0.15, -0.1) is 0 Å². The summed E-state index contributed by atoms with van der Waals surface area (Å²) < 4.78 is 0. The fourth-order valence-corrected chi connectivity index (χ4v) is 1.70. The standard InChI is InChI=1S/C8H17N3/c1-6(2)11-7(9)10-5-8(11,3)4/h6H,5H2,1-4H3,(H2,9,10). The van der Waals surface area contributed by atoms with E-state index in [9.17, 15) is 0 Å². The van der Waals surface area contributed by atoms with Crippen molar-refractivity contribution in [3.63, 3.8) is 0 Å². The van der Waals surface area contributed by atoms with E-state index in [0.29, 0.717) is 12.0 Å². The third kappa shape index (κ3) is 1.32. The Labute approximate surface area is 68.3 Å². The zero-order chi connectivity index (χ0) is 8.65. The van der Waals surface area contributed by atoms with Gasteiger partial charge in [-0.2, -0.15) is 0 Å². The molecular formula is C8H17N3. The van der Waals surface area contributed by atoms with Crippen LogP contribution in [-0.2, 0) is 0 Å². The summed E-state index contributed by atoms with van der Waals surface area (Å²) in [6, 6.07) is 0.441. The molecule has 3 nitrogen and oxygen atoms in total. The number of rotatable bonds is 1. The van der Waals surface area contributed by atoms with Crippen LogP contribution >= 0.6 is 0 Å². The number of aliphatic imine (C=N–C) groups is 1. The molecule has 0 aromatic rings. The smallest absolute Gasteiger partial charge is 0.192 e. The summed E-state index contributed by atoms with van der Waals surface area (Å²) >= 11 is 0. The highest BCUT2D eigenvalue weighted by Gasteiger charge is 2.34. The maximum Gasteiger partial charge on any atom is 0.192 e. The zero-order valence-electron chi connectivity index (χ0n) is 7.76. The lowest BCUT2D eigenvalue weighted by Gasteiger charge is -2.36. The minimum atomic E-state index is 0.109. The largest absolute Gasteiger partial charge is 0.370 e. The lowest BCUT2D eigenvalue weighted by Crippen LogP contribution is -2.51. The van der Waals surface area contributed by atoms with Crippen molar-refractivity contribution in [1.29, 1.82) is 0 Å². The van der Waals surface area contributed by atoms with Gasteiger partial charge >= 0.3 is 0 Å². The van der Waals surface area contributed by atoms with E-state index in [1.165, 1.54) is 0 Å². The molecule has 0 unspecified atom stereocenters. The molecule has 0 spiro atoms. The molecule has 64 valence electrons. The van der Waals surface area contributed by atoms with Crippen LogP contribution in [0.25, 0.3) is 0 Å². The van der Waals surface area contributed by atoms with E-state index in [-0.39, 0.29) is 5.54 Å². The van der Waals surface area contributed by atoms with Crippen LogP contribution in [-0.4, -0.2) is 29.0 Å². The van der Waals surface area contributed by atoms with Gasteiger partial charge in [-0.25, -0.2) is 0 Å². The summed E-state index contributed by atoms with van der Waals surface area (Å²) in [5, 5.41) is 0. The number of nitrogens with two attached hydrogens (primary N) is 1. The SMILES string of the molecule is CC(C)N1C(N)=NCC1(C)C. The molecule has 2 N–H and O–H groups in total. The van der Waals surface area contributed by atoms with Crippen molar-refractivity contribution in [2.24, 2.45) is 10.7 Å². The molecule has 3 heteroatoms. The van der Waals surface area contributed by atoms with E-state index in [0.717, 1.165) is 6.54 Å². The van der Waals surface area contributed by atoms with E-state index in [4.69, 9.17) is 5.73 Å². The summed E-state index contributed by atoms with van der Waals surface area (Å²) in [5.74, 6) is 0.685. The van der Waals surface area contributed by atoms with Crippen molar-refractivity contribution in [3.8, 4) is 0 Å². The van der Waals surface area contributed by atoms with E-state index in [1.807, 2.05) is 0 Å². The van der Waals surface area contributed by atoms with Crippen molar-refractivity contribution < 1.29 is 0 Å². The van der Waals surface area contributed by atoms with Gasteiger partial charge in [0.05, 0.1) is 12.1 Å². The van der Waals surface area contributed by atoms with Gasteiger partial charge in [-0.3, -0.25) is 4.99 Å². The quantitative estimate of drug-likeness (QED) is 0.608. The second-order valence-corrected chi connectivity index (χ2v) is 3.95. The normalized spacial score (nSPS) is 22.6. The van der Waals surface area contributed by atoms with Crippen LogP contribution in [0.3, 0.4) is 0 Å². The molecule has 0 radical (unpaired) electrons. The van der Waals surface area contributed by atoms with Gasteiger partial charge < -0.3 is 10.6 Å². The van der Waals surface area contributed by atoms with Gasteiger partial charge in [0.2, 0.25) is 0 Å². The predicted octanol–water partition coefficient (Wildman–Crippen LogP) is 0.804. The Morgan fingerprint density at radius 1 is 1.55 bits per heavy atom. The topological polar surface area (TPSA) is 41.6 Å². The van der Waals surface area contributed by atoms with Crippen molar-refractivity contribution in [2.45, 2.75) is 39.3 Å². The van der Waals surface area contributed by atoms with Gasteiger partial charge in [-0.1, -0.05) is 0 Å². The van der Waals surface area contributed by atoms with Gasteiger partial charge in [0.25, 0.3) is 0 Å². The molecule has 0 aromatic heterocycles. The Bertz CT molecular complexity index is 182. The summed E-state index contributed by atoms with van der Waals surface area (Å²) in [7, 11) is 0. The van der Waals surface area contributed by atoms with Crippen LogP contribution in [0.15, 0.2) is 4.99 Å². The predicted molar refractivity (Wildman–Crippen MR) is 47.5 cm³/mol. The van der Waals surface area contributed by atoms with Gasteiger partial charge in [0, 0.05) is 6.04 Å². The third-order valence-electron chi connectivity index (χ3n) is 2.04. The maximum absolute atomic E-state index is 5.73. The molecule has 1 rings (SSSR count). The lowest BCUT2D eigenvalue weighted by atomic mass is 10.0. The van der Waals surface area contributed by atoms with Crippen LogP contribution < -0.4 is 5.73 Å². The Morgan fingerprint density at radius 2 is 2.09 bits per heavy atom. The molecule has 0 atom stereocenters. The van der Waals surface area contributed by atoms with Crippen LogP contribution in [0, 0.1) is 0 Å². The molecule has 1 aliphatic rings. The van der Waals surface area contributed by atoms with E-state index < -0.39 is 0 Å². The molecule has 0 fully saturated rings. The molecule has 0 aliphatic carbocycles. The summed E-state index contributed by atoms with van der Waals surface area (Å²) in [4.78, 5) is 6.37. The number of hydrogen-bond donors (Lipinski definition) is 1. The third-order valence-corrected chi connectivity index (χ3v) is 2.04. The first-order chi connectivity index (χ1) is 4.95. The molecule has 0 amide bonds. The summed E-state index contributed by atoms with van der Waals surface area (Å²) in [5.41, 5.74) is 5.84. The average molecular weight is 155 g/mol. The molecule has 0 saturated heterocycles. The molecule has 0 aromatic carbocycles. The molecule has 0 bridgehead atoms. The second-order valence-electron chi connectivity index (χ2n) is 3.95. The summed E-state index contributed by atoms with van der Waals surface area (Å²) in [6.45, 7) is 9.41. The minimum absolute atomic E-state index is 0.109. The van der Waals surface area contributed by atoms with Crippen molar-refractivity contribution >= 4 is 5.96 Å². The average Bonchev–Trinajstić information content (AvgIpc) is 2.06. The number of hydrogen-bond acceptors (Lipinski definition) is 3.